The summed E-state index contributed by atoms with van der Waals surface area (Å²) in [7, 11) is 3.37. The molecule has 2 aromatic carbocycles. The fourth-order valence-electron chi connectivity index (χ4n) is 5.59. The third-order valence-corrected chi connectivity index (χ3v) is 7.82. The van der Waals surface area contributed by atoms with Crippen LogP contribution in [0.3, 0.4) is 0 Å². The average Bonchev–Trinajstić information content (AvgIpc) is 2.94. The monoisotopic (exact) mass is 637 g/mol. The van der Waals surface area contributed by atoms with Gasteiger partial charge in [0.1, 0.15) is 6.54 Å². The van der Waals surface area contributed by atoms with Gasteiger partial charge in [-0.15, -0.1) is 0 Å². The van der Waals surface area contributed by atoms with Crippen LogP contribution in [0.2, 0.25) is 0 Å². The molecular weight excluding hydrogens is 591 g/mol. The Bertz CT molecular complexity index is 1140. The minimum atomic E-state index is -4.33. The molecule has 41 heavy (non-hydrogen) atoms. The molecule has 0 fully saturated rings. The number of halogens is 4. The van der Waals surface area contributed by atoms with Gasteiger partial charge in [-0.05, 0) is 43.0 Å². The van der Waals surface area contributed by atoms with Gasteiger partial charge in [-0.2, -0.15) is 13.2 Å². The maximum Gasteiger partial charge on any atom is 0.416 e. The standard InChI is InChI=1S/C34H47F3NO2.BrH/c1-5-7-9-11-13-14-16-29-28-22-23-38(25-26-18-20-27(21-19-26)34(35,36)37)31(17-15-12-10-8-6-2)30(28)24-32(39-3)33(29)40-4;/h14,16,18-21,24H,5-13,15,17,22-23,25H2,1-4H3;1H/q+1;/p-1. The van der Waals surface area contributed by atoms with Gasteiger partial charge in [0.2, 0.25) is 0 Å². The summed E-state index contributed by atoms with van der Waals surface area (Å²) in [5, 5.41) is 0. The summed E-state index contributed by atoms with van der Waals surface area (Å²) in [6, 6.07) is 7.70. The molecule has 1 aliphatic rings. The molecule has 0 bridgehead atoms. The Labute approximate surface area is 255 Å². The average molecular weight is 639 g/mol. The van der Waals surface area contributed by atoms with Crippen molar-refractivity contribution < 1.29 is 44.2 Å². The third kappa shape index (κ3) is 9.90. The number of hydrogen-bond acceptors (Lipinski definition) is 2. The zero-order chi connectivity index (χ0) is 29.0. The molecule has 228 valence electrons. The van der Waals surface area contributed by atoms with E-state index in [-0.39, 0.29) is 17.0 Å². The van der Waals surface area contributed by atoms with Crippen LogP contribution in [0, 0.1) is 0 Å². The molecule has 0 aliphatic carbocycles. The highest BCUT2D eigenvalue weighted by Gasteiger charge is 2.32. The van der Waals surface area contributed by atoms with Crippen molar-refractivity contribution in [3.05, 3.63) is 64.2 Å². The smallest absolute Gasteiger partial charge is 0.416 e. The Morgan fingerprint density at radius 1 is 0.878 bits per heavy atom. The predicted octanol–water partition coefficient (Wildman–Crippen LogP) is 6.63. The second kappa shape index (κ2) is 17.6. The molecule has 0 aromatic heterocycles. The van der Waals surface area contributed by atoms with Gasteiger partial charge in [0.05, 0.1) is 19.8 Å². The number of allylic oxidation sites excluding steroid dienone is 1. The molecule has 0 unspecified atom stereocenters. The molecule has 0 saturated heterocycles. The number of fused-ring (bicyclic) bond motifs is 1. The summed E-state index contributed by atoms with van der Waals surface area (Å²) in [5.74, 6) is 1.48. The van der Waals surface area contributed by atoms with E-state index in [4.69, 9.17) is 9.47 Å². The summed E-state index contributed by atoms with van der Waals surface area (Å²) in [6.07, 6.45) is 13.7. The van der Waals surface area contributed by atoms with Crippen LogP contribution in [0.1, 0.15) is 112 Å². The van der Waals surface area contributed by atoms with Crippen LogP contribution in [0.15, 0.2) is 36.4 Å². The van der Waals surface area contributed by atoms with Crippen LogP contribution in [0.5, 0.6) is 11.5 Å². The number of alkyl halides is 3. The first-order chi connectivity index (χ1) is 19.3. The molecule has 0 spiro atoms. The quantitative estimate of drug-likeness (QED) is 0.152. The minimum Gasteiger partial charge on any atom is -1.00 e. The maximum atomic E-state index is 13.1. The fourth-order valence-corrected chi connectivity index (χ4v) is 5.59. The lowest BCUT2D eigenvalue weighted by atomic mass is 9.88. The van der Waals surface area contributed by atoms with Gasteiger partial charge in [0.25, 0.3) is 0 Å². The van der Waals surface area contributed by atoms with Gasteiger partial charge in [-0.1, -0.05) is 83.1 Å². The van der Waals surface area contributed by atoms with E-state index >= 15 is 0 Å². The SMILES string of the molecule is CCCCCCC=Cc1c2c(cc(OC)c1OC)C(CCCCCCC)=[N+](Cc1ccc(C(F)(F)F)cc1)CC2.[Br-]. The van der Waals surface area contributed by atoms with E-state index in [0.717, 1.165) is 49.1 Å². The highest BCUT2D eigenvalue weighted by atomic mass is 79.9. The molecule has 3 rings (SSSR count). The van der Waals surface area contributed by atoms with Crippen molar-refractivity contribution in [3.63, 3.8) is 0 Å². The molecule has 1 aliphatic heterocycles. The van der Waals surface area contributed by atoms with Crippen molar-refractivity contribution in [3.8, 4) is 11.5 Å². The Kier molecular flexibility index (Phi) is 15.0. The molecule has 0 saturated carbocycles. The van der Waals surface area contributed by atoms with E-state index < -0.39 is 11.7 Å². The second-order valence-corrected chi connectivity index (χ2v) is 10.8. The molecule has 0 atom stereocenters. The van der Waals surface area contributed by atoms with Crippen molar-refractivity contribution in [1.82, 2.24) is 0 Å². The first-order valence-electron chi connectivity index (χ1n) is 15.1. The van der Waals surface area contributed by atoms with Crippen LogP contribution in [0.4, 0.5) is 13.2 Å². The van der Waals surface area contributed by atoms with Gasteiger partial charge < -0.3 is 26.5 Å². The van der Waals surface area contributed by atoms with Crippen LogP contribution in [0.25, 0.3) is 6.08 Å². The fraction of sp³-hybridized carbons (Fsp3) is 0.559. The third-order valence-electron chi connectivity index (χ3n) is 7.82. The zero-order valence-electron chi connectivity index (χ0n) is 25.2. The highest BCUT2D eigenvalue weighted by Crippen LogP contribution is 2.39. The number of nitrogens with zero attached hydrogens (tertiary/aromatic N) is 1. The largest absolute Gasteiger partial charge is 1.00 e. The number of methoxy groups -OCH3 is 2. The molecule has 2 aromatic rings. The lowest BCUT2D eigenvalue weighted by Gasteiger charge is -2.24. The lowest BCUT2D eigenvalue weighted by molar-refractivity contribution is -0.545. The van der Waals surface area contributed by atoms with Crippen molar-refractivity contribution in [2.75, 3.05) is 20.8 Å². The number of benzene rings is 2. The Morgan fingerprint density at radius 2 is 1.54 bits per heavy atom. The number of hydrogen-bond donors (Lipinski definition) is 0. The van der Waals surface area contributed by atoms with Gasteiger partial charge in [-0.25, -0.2) is 4.58 Å². The Morgan fingerprint density at radius 3 is 2.15 bits per heavy atom. The number of rotatable bonds is 16. The number of ether oxygens (including phenoxy) is 2. The van der Waals surface area contributed by atoms with Crippen LogP contribution in [-0.4, -0.2) is 31.1 Å². The van der Waals surface area contributed by atoms with Gasteiger partial charge in [0.15, 0.2) is 23.8 Å². The van der Waals surface area contributed by atoms with Gasteiger partial charge in [-0.3, -0.25) is 0 Å². The van der Waals surface area contributed by atoms with Crippen LogP contribution in [-0.2, 0) is 19.1 Å². The first-order valence-corrected chi connectivity index (χ1v) is 15.1. The van der Waals surface area contributed by atoms with Crippen molar-refractivity contribution >= 4 is 11.8 Å². The second-order valence-electron chi connectivity index (χ2n) is 10.8. The highest BCUT2D eigenvalue weighted by molar-refractivity contribution is 6.00. The van der Waals surface area contributed by atoms with Crippen LogP contribution >= 0.6 is 0 Å². The topological polar surface area (TPSA) is 21.5 Å². The summed E-state index contributed by atoms with van der Waals surface area (Å²) >= 11 is 0. The Hall–Kier alpha value is -2.28. The number of unbranched alkanes of at least 4 members (excludes halogenated alkanes) is 8. The van der Waals surface area contributed by atoms with Crippen molar-refractivity contribution in [1.29, 1.82) is 0 Å². The van der Waals surface area contributed by atoms with Crippen LogP contribution < -0.4 is 26.5 Å². The van der Waals surface area contributed by atoms with E-state index in [1.807, 2.05) is 0 Å². The molecule has 1 heterocycles. The normalized spacial score (nSPS) is 13.3. The van der Waals surface area contributed by atoms with Crippen molar-refractivity contribution in [2.45, 2.75) is 104 Å². The van der Waals surface area contributed by atoms with E-state index in [9.17, 15) is 13.2 Å². The predicted molar refractivity (Wildman–Crippen MR) is 159 cm³/mol. The molecule has 0 radical (unpaired) electrons. The van der Waals surface area contributed by atoms with Gasteiger partial charge >= 0.3 is 6.18 Å². The minimum absolute atomic E-state index is 0. The summed E-state index contributed by atoms with van der Waals surface area (Å²) < 4.78 is 53.4. The summed E-state index contributed by atoms with van der Waals surface area (Å²) in [5.41, 5.74) is 5.06. The zero-order valence-corrected chi connectivity index (χ0v) is 26.8. The molecule has 0 amide bonds. The first kappa shape index (κ1) is 34.9. The van der Waals surface area contributed by atoms with Crippen molar-refractivity contribution in [2.24, 2.45) is 0 Å². The van der Waals surface area contributed by atoms with Gasteiger partial charge in [0, 0.05) is 29.5 Å². The Balaban J connectivity index is 0.00000588. The van der Waals surface area contributed by atoms with E-state index in [1.54, 1.807) is 26.4 Å². The summed E-state index contributed by atoms with van der Waals surface area (Å²) in [4.78, 5) is 0. The molecular formula is C34H47BrF3NO2. The lowest BCUT2D eigenvalue weighted by Crippen LogP contribution is -3.00. The van der Waals surface area contributed by atoms with E-state index in [1.165, 1.54) is 80.3 Å². The summed E-state index contributed by atoms with van der Waals surface area (Å²) in [6.45, 7) is 5.84. The maximum absolute atomic E-state index is 13.1. The van der Waals surface area contributed by atoms with E-state index in [2.05, 4.69) is 36.6 Å². The molecule has 7 heteroatoms. The van der Waals surface area contributed by atoms with E-state index in [0.29, 0.717) is 12.3 Å². The molecule has 3 nitrogen and oxygen atoms in total. The molecule has 0 N–H and O–H groups in total.